The third-order valence-electron chi connectivity index (χ3n) is 3.86. The topological polar surface area (TPSA) is 78.9 Å². The molecular weight excluding hydrogens is 332 g/mol. The Labute approximate surface area is 153 Å². The van der Waals surface area contributed by atoms with Gasteiger partial charge in [-0.2, -0.15) is 0 Å². The summed E-state index contributed by atoms with van der Waals surface area (Å²) >= 11 is 0. The molecule has 138 valence electrons. The van der Waals surface area contributed by atoms with E-state index in [4.69, 9.17) is 9.84 Å². The highest BCUT2D eigenvalue weighted by atomic mass is 16.5. The Hall–Kier alpha value is -3.02. The minimum absolute atomic E-state index is 0.00527. The molecule has 0 saturated heterocycles. The van der Waals surface area contributed by atoms with Crippen molar-refractivity contribution in [1.82, 2.24) is 4.90 Å². The lowest BCUT2D eigenvalue weighted by Gasteiger charge is -2.15. The maximum atomic E-state index is 11.7. The average molecular weight is 356 g/mol. The molecule has 0 aliphatic heterocycles. The van der Waals surface area contributed by atoms with Crippen LogP contribution in [0.5, 0.6) is 5.75 Å². The Morgan fingerprint density at radius 2 is 1.88 bits per heavy atom. The summed E-state index contributed by atoms with van der Waals surface area (Å²) < 4.78 is 5.64. The van der Waals surface area contributed by atoms with E-state index in [0.29, 0.717) is 18.7 Å². The van der Waals surface area contributed by atoms with E-state index in [9.17, 15) is 9.59 Å². The number of benzene rings is 2. The number of carbonyl (C=O) groups excluding carboxylic acids is 1. The highest BCUT2D eigenvalue weighted by Gasteiger charge is 2.08. The predicted octanol–water partition coefficient (Wildman–Crippen LogP) is 2.78. The zero-order valence-corrected chi connectivity index (χ0v) is 15.1. The molecule has 0 atom stereocenters. The number of rotatable bonds is 9. The Bertz CT molecular complexity index is 759. The fourth-order valence-electron chi connectivity index (χ4n) is 2.34. The Kier molecular flexibility index (Phi) is 7.02. The molecule has 0 unspecified atom stereocenters. The summed E-state index contributed by atoms with van der Waals surface area (Å²) in [7, 11) is 3.38. The normalized spacial score (nSPS) is 10.2. The second-order valence-electron chi connectivity index (χ2n) is 6.13. The van der Waals surface area contributed by atoms with Crippen molar-refractivity contribution in [2.75, 3.05) is 26.0 Å². The van der Waals surface area contributed by atoms with Crippen molar-refractivity contribution in [3.8, 4) is 5.75 Å². The number of hydrogen-bond acceptors (Lipinski definition) is 4. The molecular formula is C20H24N2O4. The largest absolute Gasteiger partial charge is 0.483 e. The quantitative estimate of drug-likeness (QED) is 0.722. The maximum Gasteiger partial charge on any atom is 0.303 e. The van der Waals surface area contributed by atoms with Crippen LogP contribution in [0, 0.1) is 0 Å². The fourth-order valence-corrected chi connectivity index (χ4v) is 2.34. The SMILES string of the molecule is CN(C)C(=O)COc1ccccc1CNc1cccc(CCC(=O)O)c1. The number of carboxylic acid groups (broad SMARTS) is 1. The molecule has 0 fully saturated rings. The lowest BCUT2D eigenvalue weighted by atomic mass is 10.1. The molecule has 0 aliphatic carbocycles. The smallest absolute Gasteiger partial charge is 0.303 e. The number of likely N-dealkylation sites (N-methyl/N-ethyl adjacent to an activating group) is 1. The number of hydrogen-bond donors (Lipinski definition) is 2. The van der Waals surface area contributed by atoms with Gasteiger partial charge in [0.05, 0.1) is 0 Å². The molecule has 26 heavy (non-hydrogen) atoms. The lowest BCUT2D eigenvalue weighted by molar-refractivity contribution is -0.137. The summed E-state index contributed by atoms with van der Waals surface area (Å²) in [5.74, 6) is -0.238. The molecule has 0 aromatic heterocycles. The summed E-state index contributed by atoms with van der Waals surface area (Å²) in [4.78, 5) is 23.9. The zero-order chi connectivity index (χ0) is 18.9. The molecule has 6 heteroatoms. The number of anilines is 1. The summed E-state index contributed by atoms with van der Waals surface area (Å²) in [6, 6.07) is 15.3. The summed E-state index contributed by atoms with van der Waals surface area (Å²) in [6.07, 6.45) is 0.608. The monoisotopic (exact) mass is 356 g/mol. The number of para-hydroxylation sites is 1. The van der Waals surface area contributed by atoms with E-state index in [1.165, 1.54) is 4.90 Å². The van der Waals surface area contributed by atoms with Crippen molar-refractivity contribution in [2.24, 2.45) is 0 Å². The second-order valence-corrected chi connectivity index (χ2v) is 6.13. The number of carboxylic acids is 1. The molecule has 2 N–H and O–H groups in total. The molecule has 2 aromatic carbocycles. The first kappa shape index (κ1) is 19.3. The van der Waals surface area contributed by atoms with Crippen LogP contribution in [-0.2, 0) is 22.6 Å². The van der Waals surface area contributed by atoms with Crippen LogP contribution in [0.25, 0.3) is 0 Å². The molecule has 6 nitrogen and oxygen atoms in total. The van der Waals surface area contributed by atoms with E-state index in [1.807, 2.05) is 48.5 Å². The number of amides is 1. The van der Waals surface area contributed by atoms with Crippen LogP contribution in [0.15, 0.2) is 48.5 Å². The van der Waals surface area contributed by atoms with Crippen molar-refractivity contribution in [2.45, 2.75) is 19.4 Å². The lowest BCUT2D eigenvalue weighted by Crippen LogP contribution is -2.27. The van der Waals surface area contributed by atoms with Crippen LogP contribution >= 0.6 is 0 Å². The second kappa shape index (κ2) is 9.46. The standard InChI is InChI=1S/C20H24N2O4/c1-22(2)19(23)14-26-18-9-4-3-7-16(18)13-21-17-8-5-6-15(12-17)10-11-20(24)25/h3-9,12,21H,10-11,13-14H2,1-2H3,(H,24,25). The van der Waals surface area contributed by atoms with Gasteiger partial charge in [0.1, 0.15) is 5.75 Å². The van der Waals surface area contributed by atoms with Crippen LogP contribution in [0.3, 0.4) is 0 Å². The Morgan fingerprint density at radius 3 is 2.62 bits per heavy atom. The van der Waals surface area contributed by atoms with E-state index in [-0.39, 0.29) is 18.9 Å². The van der Waals surface area contributed by atoms with E-state index in [2.05, 4.69) is 5.32 Å². The van der Waals surface area contributed by atoms with Gasteiger partial charge in [0.2, 0.25) is 0 Å². The third kappa shape index (κ3) is 6.12. The number of nitrogens with zero attached hydrogens (tertiary/aromatic N) is 1. The molecule has 2 rings (SSSR count). The van der Waals surface area contributed by atoms with Gasteiger partial charge in [-0.25, -0.2) is 0 Å². The molecule has 0 radical (unpaired) electrons. The van der Waals surface area contributed by atoms with Crippen LogP contribution in [0.1, 0.15) is 17.5 Å². The van der Waals surface area contributed by atoms with Gasteiger partial charge in [0, 0.05) is 38.3 Å². The highest BCUT2D eigenvalue weighted by Crippen LogP contribution is 2.20. The Morgan fingerprint density at radius 1 is 1.12 bits per heavy atom. The van der Waals surface area contributed by atoms with E-state index < -0.39 is 5.97 Å². The number of ether oxygens (including phenoxy) is 1. The van der Waals surface area contributed by atoms with Gasteiger partial charge < -0.3 is 20.1 Å². The van der Waals surface area contributed by atoms with Gasteiger partial charge in [-0.15, -0.1) is 0 Å². The number of aryl methyl sites for hydroxylation is 1. The van der Waals surface area contributed by atoms with Crippen molar-refractivity contribution in [3.63, 3.8) is 0 Å². The van der Waals surface area contributed by atoms with E-state index in [1.54, 1.807) is 14.1 Å². The molecule has 0 spiro atoms. The van der Waals surface area contributed by atoms with E-state index in [0.717, 1.165) is 16.8 Å². The van der Waals surface area contributed by atoms with Gasteiger partial charge in [0.15, 0.2) is 6.61 Å². The van der Waals surface area contributed by atoms with Crippen molar-refractivity contribution in [3.05, 3.63) is 59.7 Å². The molecule has 1 amide bonds. The van der Waals surface area contributed by atoms with E-state index >= 15 is 0 Å². The molecule has 0 bridgehead atoms. The first-order chi connectivity index (χ1) is 12.5. The summed E-state index contributed by atoms with van der Waals surface area (Å²) in [5, 5.41) is 12.1. The van der Waals surface area contributed by atoms with Crippen molar-refractivity contribution < 1.29 is 19.4 Å². The molecule has 0 aliphatic rings. The summed E-state index contributed by atoms with van der Waals surface area (Å²) in [5.41, 5.74) is 2.82. The number of nitrogens with one attached hydrogen (secondary N) is 1. The minimum Gasteiger partial charge on any atom is -0.483 e. The highest BCUT2D eigenvalue weighted by molar-refractivity contribution is 5.77. The molecule has 2 aromatic rings. The molecule has 0 heterocycles. The van der Waals surface area contributed by atoms with Crippen LogP contribution in [0.4, 0.5) is 5.69 Å². The first-order valence-corrected chi connectivity index (χ1v) is 8.41. The molecule has 0 saturated carbocycles. The van der Waals surface area contributed by atoms with Crippen molar-refractivity contribution >= 4 is 17.6 Å². The average Bonchev–Trinajstić information content (AvgIpc) is 2.63. The van der Waals surface area contributed by atoms with Gasteiger partial charge in [0.25, 0.3) is 5.91 Å². The fraction of sp³-hybridized carbons (Fsp3) is 0.300. The van der Waals surface area contributed by atoms with Crippen LogP contribution in [-0.4, -0.2) is 42.6 Å². The minimum atomic E-state index is -0.804. The Balaban J connectivity index is 1.98. The van der Waals surface area contributed by atoms with Crippen LogP contribution in [0.2, 0.25) is 0 Å². The van der Waals surface area contributed by atoms with Gasteiger partial charge in [-0.3, -0.25) is 9.59 Å². The first-order valence-electron chi connectivity index (χ1n) is 8.41. The zero-order valence-electron chi connectivity index (χ0n) is 15.1. The number of carbonyl (C=O) groups is 2. The van der Waals surface area contributed by atoms with Crippen molar-refractivity contribution in [1.29, 1.82) is 0 Å². The maximum absolute atomic E-state index is 11.7. The predicted molar refractivity (Wildman–Crippen MR) is 100 cm³/mol. The van der Waals surface area contributed by atoms with Gasteiger partial charge in [-0.1, -0.05) is 30.3 Å². The third-order valence-corrected chi connectivity index (χ3v) is 3.86. The number of aliphatic carboxylic acids is 1. The summed E-state index contributed by atoms with van der Waals surface area (Å²) in [6.45, 7) is 0.531. The van der Waals surface area contributed by atoms with Crippen LogP contribution < -0.4 is 10.1 Å². The van der Waals surface area contributed by atoms with Gasteiger partial charge in [-0.05, 0) is 30.2 Å². The van der Waals surface area contributed by atoms with Gasteiger partial charge >= 0.3 is 5.97 Å².